The normalized spacial score (nSPS) is 11.2. The lowest BCUT2D eigenvalue weighted by atomic mass is 10.1. The van der Waals surface area contributed by atoms with E-state index in [0.717, 1.165) is 5.88 Å². The van der Waals surface area contributed by atoms with Crippen molar-refractivity contribution >= 4 is 11.6 Å². The van der Waals surface area contributed by atoms with Gasteiger partial charge in [0, 0.05) is 5.88 Å². The van der Waals surface area contributed by atoms with Crippen LogP contribution in [-0.4, -0.2) is 5.88 Å². The quantitative estimate of drug-likeness (QED) is 0.298. The summed E-state index contributed by atoms with van der Waals surface area (Å²) in [6.07, 6.45) is 13.5. The fourth-order valence-corrected chi connectivity index (χ4v) is 1.36. The van der Waals surface area contributed by atoms with Crippen molar-refractivity contribution in [2.45, 2.75) is 51.9 Å². The molecule has 0 aliphatic heterocycles. The molecule has 0 heterocycles. The van der Waals surface area contributed by atoms with Gasteiger partial charge in [-0.1, -0.05) is 38.3 Å². The van der Waals surface area contributed by atoms with Gasteiger partial charge in [0.1, 0.15) is 0 Å². The highest BCUT2D eigenvalue weighted by atomic mass is 35.5. The minimum Gasteiger partial charge on any atom is -0.127 e. The first kappa shape index (κ1) is 12.0. The maximum atomic E-state index is 5.57. The standard InChI is InChI=1S/C11H21Cl/c1-2-3-4-5-6-7-8-9-10-11-12/h3-4H,2,5-11H2,1H3/b4-3+. The number of rotatable bonds is 8. The third-order valence-electron chi connectivity index (χ3n) is 1.91. The topological polar surface area (TPSA) is 0 Å². The maximum Gasteiger partial charge on any atom is 0.0223 e. The van der Waals surface area contributed by atoms with E-state index in [9.17, 15) is 0 Å². The molecule has 12 heavy (non-hydrogen) atoms. The van der Waals surface area contributed by atoms with Crippen molar-refractivity contribution in [3.05, 3.63) is 12.2 Å². The van der Waals surface area contributed by atoms with Crippen molar-refractivity contribution in [1.82, 2.24) is 0 Å². The molecule has 0 spiro atoms. The Hall–Kier alpha value is 0.0300. The Morgan fingerprint density at radius 1 is 0.917 bits per heavy atom. The molecule has 0 aromatic heterocycles. The summed E-state index contributed by atoms with van der Waals surface area (Å²) < 4.78 is 0. The first-order valence-corrected chi connectivity index (χ1v) is 5.66. The predicted octanol–water partition coefficient (Wildman–Crippen LogP) is 4.53. The molecule has 0 N–H and O–H groups in total. The molecule has 0 unspecified atom stereocenters. The highest BCUT2D eigenvalue weighted by Crippen LogP contribution is 2.06. The van der Waals surface area contributed by atoms with Crippen LogP contribution in [0.2, 0.25) is 0 Å². The second-order valence-corrected chi connectivity index (χ2v) is 3.50. The fourth-order valence-electron chi connectivity index (χ4n) is 1.17. The van der Waals surface area contributed by atoms with Gasteiger partial charge in [0.2, 0.25) is 0 Å². The lowest BCUT2D eigenvalue weighted by Gasteiger charge is -1.96. The molecule has 0 nitrogen and oxygen atoms in total. The summed E-state index contributed by atoms with van der Waals surface area (Å²) >= 11 is 5.57. The molecule has 0 radical (unpaired) electrons. The van der Waals surface area contributed by atoms with Crippen LogP contribution < -0.4 is 0 Å². The largest absolute Gasteiger partial charge is 0.127 e. The molecule has 72 valence electrons. The number of halogens is 1. The van der Waals surface area contributed by atoms with Crippen LogP contribution in [0.1, 0.15) is 51.9 Å². The zero-order valence-corrected chi connectivity index (χ0v) is 8.95. The molecule has 0 saturated carbocycles. The molecule has 0 atom stereocenters. The van der Waals surface area contributed by atoms with Crippen LogP contribution in [0.5, 0.6) is 0 Å². The Bertz CT molecular complexity index is 97.2. The molecule has 0 rings (SSSR count). The molecule has 0 aliphatic rings. The van der Waals surface area contributed by atoms with Crippen molar-refractivity contribution in [2.24, 2.45) is 0 Å². The summed E-state index contributed by atoms with van der Waals surface area (Å²) in [5.74, 6) is 0.829. The van der Waals surface area contributed by atoms with Gasteiger partial charge in [0.15, 0.2) is 0 Å². The molecule has 0 fully saturated rings. The van der Waals surface area contributed by atoms with Crippen molar-refractivity contribution < 1.29 is 0 Å². The molecular weight excluding hydrogens is 168 g/mol. The monoisotopic (exact) mass is 188 g/mol. The van der Waals surface area contributed by atoms with Crippen molar-refractivity contribution in [3.63, 3.8) is 0 Å². The minimum atomic E-state index is 0.829. The van der Waals surface area contributed by atoms with Gasteiger partial charge in [-0.3, -0.25) is 0 Å². The van der Waals surface area contributed by atoms with Gasteiger partial charge in [0.25, 0.3) is 0 Å². The summed E-state index contributed by atoms with van der Waals surface area (Å²) in [6.45, 7) is 2.18. The molecule has 0 aromatic carbocycles. The van der Waals surface area contributed by atoms with Crippen LogP contribution in [0, 0.1) is 0 Å². The van der Waals surface area contributed by atoms with Gasteiger partial charge in [-0.2, -0.15) is 0 Å². The van der Waals surface area contributed by atoms with Gasteiger partial charge in [0.05, 0.1) is 0 Å². The number of unbranched alkanes of at least 4 members (excludes halogenated alkanes) is 5. The number of hydrogen-bond donors (Lipinski definition) is 0. The van der Waals surface area contributed by atoms with Gasteiger partial charge in [-0.05, 0) is 25.7 Å². The summed E-state index contributed by atoms with van der Waals surface area (Å²) in [6, 6.07) is 0. The lowest BCUT2D eigenvalue weighted by molar-refractivity contribution is 0.639. The second-order valence-electron chi connectivity index (χ2n) is 3.13. The van der Waals surface area contributed by atoms with Crippen LogP contribution in [0.4, 0.5) is 0 Å². The lowest BCUT2D eigenvalue weighted by Crippen LogP contribution is -1.79. The Balaban J connectivity index is 2.86. The first-order chi connectivity index (χ1) is 5.91. The van der Waals surface area contributed by atoms with Gasteiger partial charge in [-0.25, -0.2) is 0 Å². The molecule has 0 bridgehead atoms. The zero-order valence-electron chi connectivity index (χ0n) is 8.19. The van der Waals surface area contributed by atoms with Crippen LogP contribution in [0.25, 0.3) is 0 Å². The van der Waals surface area contributed by atoms with Gasteiger partial charge in [-0.15, -0.1) is 11.6 Å². The third-order valence-corrected chi connectivity index (χ3v) is 2.17. The molecule has 0 saturated heterocycles. The smallest absolute Gasteiger partial charge is 0.0223 e. The van der Waals surface area contributed by atoms with Crippen LogP contribution in [0.3, 0.4) is 0 Å². The molecule has 0 aromatic rings. The van der Waals surface area contributed by atoms with E-state index in [4.69, 9.17) is 11.6 Å². The minimum absolute atomic E-state index is 0.829. The predicted molar refractivity (Wildman–Crippen MR) is 57.9 cm³/mol. The van der Waals surface area contributed by atoms with E-state index in [0.29, 0.717) is 0 Å². The van der Waals surface area contributed by atoms with E-state index in [1.807, 2.05) is 0 Å². The summed E-state index contributed by atoms with van der Waals surface area (Å²) in [5.41, 5.74) is 0. The van der Waals surface area contributed by atoms with Gasteiger partial charge < -0.3 is 0 Å². The summed E-state index contributed by atoms with van der Waals surface area (Å²) in [5, 5.41) is 0. The maximum absolute atomic E-state index is 5.57. The van der Waals surface area contributed by atoms with Crippen LogP contribution >= 0.6 is 11.6 Å². The van der Waals surface area contributed by atoms with E-state index in [2.05, 4.69) is 19.1 Å². The third kappa shape index (κ3) is 10.0. The van der Waals surface area contributed by atoms with Crippen LogP contribution in [-0.2, 0) is 0 Å². The molecule has 1 heteroatoms. The summed E-state index contributed by atoms with van der Waals surface area (Å²) in [4.78, 5) is 0. The molecule has 0 amide bonds. The second kappa shape index (κ2) is 11.0. The van der Waals surface area contributed by atoms with E-state index >= 15 is 0 Å². The highest BCUT2D eigenvalue weighted by Gasteiger charge is 1.87. The Morgan fingerprint density at radius 2 is 1.58 bits per heavy atom. The van der Waals surface area contributed by atoms with Crippen molar-refractivity contribution in [3.8, 4) is 0 Å². The molecule has 0 aliphatic carbocycles. The van der Waals surface area contributed by atoms with Crippen LogP contribution in [0.15, 0.2) is 12.2 Å². The fraction of sp³-hybridized carbons (Fsp3) is 0.818. The average molecular weight is 189 g/mol. The van der Waals surface area contributed by atoms with Crippen molar-refractivity contribution in [1.29, 1.82) is 0 Å². The Labute approximate surface area is 82.0 Å². The highest BCUT2D eigenvalue weighted by molar-refractivity contribution is 6.17. The Morgan fingerprint density at radius 3 is 2.25 bits per heavy atom. The van der Waals surface area contributed by atoms with E-state index in [1.165, 1.54) is 44.9 Å². The van der Waals surface area contributed by atoms with E-state index in [1.54, 1.807) is 0 Å². The first-order valence-electron chi connectivity index (χ1n) is 5.12. The Kier molecular flexibility index (Phi) is 11.1. The van der Waals surface area contributed by atoms with E-state index in [-0.39, 0.29) is 0 Å². The zero-order chi connectivity index (χ0) is 9.07. The summed E-state index contributed by atoms with van der Waals surface area (Å²) in [7, 11) is 0. The van der Waals surface area contributed by atoms with Gasteiger partial charge >= 0.3 is 0 Å². The number of hydrogen-bond acceptors (Lipinski definition) is 0. The molecular formula is C11H21Cl. The average Bonchev–Trinajstić information content (AvgIpc) is 2.10. The number of allylic oxidation sites excluding steroid dienone is 2. The van der Waals surface area contributed by atoms with E-state index < -0.39 is 0 Å². The number of alkyl halides is 1. The SMILES string of the molecule is CC/C=C/CCCCCCCCl. The van der Waals surface area contributed by atoms with Crippen molar-refractivity contribution in [2.75, 3.05) is 5.88 Å².